The molecule has 3 N–H and O–H groups in total. The number of hydrogen-bond donors (Lipinski definition) is 3. The summed E-state index contributed by atoms with van der Waals surface area (Å²) in [6, 6.07) is 8.47. The molecule has 1 saturated carbocycles. The molecular formula is C22H31N7O+2. The molecule has 1 saturated heterocycles. The smallest absolute Gasteiger partial charge is 0.258 e. The molecule has 0 unspecified atom stereocenters. The van der Waals surface area contributed by atoms with Crippen LogP contribution >= 0.6 is 0 Å². The van der Waals surface area contributed by atoms with Crippen LogP contribution in [0.1, 0.15) is 54.7 Å². The van der Waals surface area contributed by atoms with Gasteiger partial charge in [0.15, 0.2) is 6.04 Å². The van der Waals surface area contributed by atoms with Gasteiger partial charge < -0.3 is 14.8 Å². The average Bonchev–Trinajstić information content (AvgIpc) is 3.42. The van der Waals surface area contributed by atoms with Gasteiger partial charge in [-0.1, -0.05) is 25.0 Å². The van der Waals surface area contributed by atoms with Crippen molar-refractivity contribution < 1.29 is 9.80 Å². The molecule has 158 valence electrons. The number of aromatic amines is 1. The first-order valence-corrected chi connectivity index (χ1v) is 11.2. The van der Waals surface area contributed by atoms with E-state index in [1.54, 1.807) is 0 Å². The van der Waals surface area contributed by atoms with Gasteiger partial charge in [0, 0.05) is 5.52 Å². The van der Waals surface area contributed by atoms with Crippen LogP contribution < -0.4 is 15.4 Å². The Morgan fingerprint density at radius 3 is 2.67 bits per heavy atom. The predicted octanol–water partition coefficient (Wildman–Crippen LogP) is -0.559. The molecule has 2 aromatic heterocycles. The second-order valence-corrected chi connectivity index (χ2v) is 9.11. The van der Waals surface area contributed by atoms with Crippen LogP contribution in [0.3, 0.4) is 0 Å². The molecule has 5 rings (SSSR count). The zero-order chi connectivity index (χ0) is 20.7. The summed E-state index contributed by atoms with van der Waals surface area (Å²) in [7, 11) is 2.24. The third kappa shape index (κ3) is 3.54. The monoisotopic (exact) mass is 409 g/mol. The lowest BCUT2D eigenvalue weighted by atomic mass is 10.0. The van der Waals surface area contributed by atoms with E-state index in [-0.39, 0.29) is 11.6 Å². The highest BCUT2D eigenvalue weighted by Gasteiger charge is 2.38. The second kappa shape index (κ2) is 7.92. The Bertz CT molecular complexity index is 1090. The molecule has 3 heterocycles. The summed E-state index contributed by atoms with van der Waals surface area (Å²) in [5.74, 6) is 0.841. The van der Waals surface area contributed by atoms with Crippen LogP contribution in [0.2, 0.25) is 0 Å². The number of H-pyrrole nitrogens is 1. The summed E-state index contributed by atoms with van der Waals surface area (Å²) in [5, 5.41) is 14.0. The fourth-order valence-electron chi connectivity index (χ4n) is 5.17. The molecule has 0 radical (unpaired) electrons. The summed E-state index contributed by atoms with van der Waals surface area (Å²) < 4.78 is 2.02. The largest absolute Gasteiger partial charge is 0.328 e. The van der Waals surface area contributed by atoms with Gasteiger partial charge in [0.05, 0.1) is 18.7 Å². The van der Waals surface area contributed by atoms with Gasteiger partial charge in [0.25, 0.3) is 5.56 Å². The van der Waals surface area contributed by atoms with Crippen LogP contribution in [0.4, 0.5) is 0 Å². The highest BCUT2D eigenvalue weighted by atomic mass is 16.1. The van der Waals surface area contributed by atoms with Crippen LogP contribution in [0, 0.1) is 6.92 Å². The first-order valence-electron chi connectivity index (χ1n) is 11.2. The number of benzene rings is 1. The van der Waals surface area contributed by atoms with E-state index < -0.39 is 0 Å². The Balaban J connectivity index is 1.63. The van der Waals surface area contributed by atoms with Crippen molar-refractivity contribution in [2.45, 2.75) is 44.7 Å². The SMILES string of the molecule is Cc1ccc2cc([C@H](c3nnnn3C3CCCC3)[NH+]3CC[NH+](C)CC3)c(=O)[nH]c2c1. The molecule has 1 aliphatic heterocycles. The summed E-state index contributed by atoms with van der Waals surface area (Å²) >= 11 is 0. The number of likely N-dealkylation sites (N-methyl/N-ethyl adjacent to an activating group) is 1. The maximum Gasteiger partial charge on any atom is 0.258 e. The predicted molar refractivity (Wildman–Crippen MR) is 114 cm³/mol. The average molecular weight is 410 g/mol. The van der Waals surface area contributed by atoms with E-state index in [1.807, 2.05) is 17.7 Å². The Labute approximate surface area is 175 Å². The van der Waals surface area contributed by atoms with Gasteiger partial charge in [0.2, 0.25) is 5.82 Å². The maximum atomic E-state index is 13.3. The van der Waals surface area contributed by atoms with Crippen molar-refractivity contribution in [3.05, 3.63) is 51.6 Å². The number of rotatable bonds is 4. The van der Waals surface area contributed by atoms with Crippen LogP contribution in [0.15, 0.2) is 29.1 Å². The summed E-state index contributed by atoms with van der Waals surface area (Å²) in [6.45, 7) is 6.21. The normalized spacial score (nSPS) is 23.8. The van der Waals surface area contributed by atoms with E-state index in [0.717, 1.165) is 66.9 Å². The van der Waals surface area contributed by atoms with Crippen molar-refractivity contribution in [1.82, 2.24) is 25.2 Å². The molecule has 8 nitrogen and oxygen atoms in total. The molecule has 8 heteroatoms. The molecule has 1 aliphatic carbocycles. The molecule has 0 amide bonds. The third-order valence-electron chi connectivity index (χ3n) is 6.94. The number of nitrogens with zero attached hydrogens (tertiary/aromatic N) is 4. The van der Waals surface area contributed by atoms with Gasteiger partial charge in [0.1, 0.15) is 26.2 Å². The third-order valence-corrected chi connectivity index (χ3v) is 6.94. The van der Waals surface area contributed by atoms with Gasteiger partial charge in [-0.05, 0) is 53.3 Å². The van der Waals surface area contributed by atoms with E-state index in [2.05, 4.69) is 45.8 Å². The Kier molecular flexibility index (Phi) is 5.12. The number of aromatic nitrogens is 5. The highest BCUT2D eigenvalue weighted by Crippen LogP contribution is 2.31. The molecule has 0 bridgehead atoms. The minimum atomic E-state index is -0.150. The number of aryl methyl sites for hydroxylation is 1. The molecule has 0 spiro atoms. The van der Waals surface area contributed by atoms with Crippen LogP contribution in [0.25, 0.3) is 10.9 Å². The lowest BCUT2D eigenvalue weighted by molar-refractivity contribution is -1.02. The Morgan fingerprint density at radius 1 is 1.13 bits per heavy atom. The number of nitrogens with one attached hydrogen (secondary N) is 3. The molecule has 30 heavy (non-hydrogen) atoms. The minimum absolute atomic E-state index is 0.0298. The van der Waals surface area contributed by atoms with E-state index >= 15 is 0 Å². The number of fused-ring (bicyclic) bond motifs is 1. The molecular weight excluding hydrogens is 378 g/mol. The first-order chi connectivity index (χ1) is 14.6. The van der Waals surface area contributed by atoms with Crippen molar-refractivity contribution in [2.75, 3.05) is 33.2 Å². The van der Waals surface area contributed by atoms with E-state index in [4.69, 9.17) is 0 Å². The first kappa shape index (κ1) is 19.4. The van der Waals surface area contributed by atoms with E-state index in [1.165, 1.54) is 22.6 Å². The topological polar surface area (TPSA) is 85.3 Å². The van der Waals surface area contributed by atoms with Crippen molar-refractivity contribution in [2.24, 2.45) is 0 Å². The van der Waals surface area contributed by atoms with Gasteiger partial charge >= 0.3 is 0 Å². The quantitative estimate of drug-likeness (QED) is 0.539. The molecule has 3 aromatic rings. The van der Waals surface area contributed by atoms with Gasteiger partial charge in [-0.3, -0.25) is 4.79 Å². The van der Waals surface area contributed by atoms with Crippen LogP contribution in [-0.2, 0) is 0 Å². The molecule has 1 atom stereocenters. The summed E-state index contributed by atoms with van der Waals surface area (Å²) in [6.07, 6.45) is 4.66. The fourth-order valence-corrected chi connectivity index (χ4v) is 5.17. The second-order valence-electron chi connectivity index (χ2n) is 9.11. The maximum absolute atomic E-state index is 13.3. The van der Waals surface area contributed by atoms with Crippen molar-refractivity contribution in [3.63, 3.8) is 0 Å². The number of tetrazole rings is 1. The van der Waals surface area contributed by atoms with Gasteiger partial charge in [-0.15, -0.1) is 5.10 Å². The standard InChI is InChI=1S/C22H29N7O/c1-15-7-8-16-14-18(22(30)23-19(16)13-15)20(28-11-9-27(2)10-12-28)21-24-25-26-29(21)17-5-3-4-6-17/h7-8,13-14,17,20H,3-6,9-12H2,1-2H3,(H,23,30)/p+2/t20-/m1/s1. The Hall–Kier alpha value is -2.58. The van der Waals surface area contributed by atoms with Crippen LogP contribution in [-0.4, -0.2) is 58.4 Å². The zero-order valence-electron chi connectivity index (χ0n) is 17.8. The summed E-state index contributed by atoms with van der Waals surface area (Å²) in [4.78, 5) is 19.3. The van der Waals surface area contributed by atoms with Crippen molar-refractivity contribution >= 4 is 10.9 Å². The number of pyridine rings is 1. The highest BCUT2D eigenvalue weighted by molar-refractivity contribution is 5.79. The van der Waals surface area contributed by atoms with E-state index in [0.29, 0.717) is 6.04 Å². The number of piperazine rings is 1. The number of quaternary nitrogens is 2. The fraction of sp³-hybridized carbons (Fsp3) is 0.545. The van der Waals surface area contributed by atoms with Gasteiger partial charge in [-0.25, -0.2) is 4.68 Å². The lowest BCUT2D eigenvalue weighted by Gasteiger charge is -2.33. The Morgan fingerprint density at radius 2 is 1.90 bits per heavy atom. The zero-order valence-corrected chi connectivity index (χ0v) is 17.8. The van der Waals surface area contributed by atoms with Crippen LogP contribution in [0.5, 0.6) is 0 Å². The molecule has 1 aromatic carbocycles. The number of hydrogen-bond acceptors (Lipinski definition) is 4. The van der Waals surface area contributed by atoms with Crippen molar-refractivity contribution in [3.8, 4) is 0 Å². The van der Waals surface area contributed by atoms with E-state index in [9.17, 15) is 4.79 Å². The minimum Gasteiger partial charge on any atom is -0.328 e. The molecule has 2 fully saturated rings. The molecule has 2 aliphatic rings. The van der Waals surface area contributed by atoms with Gasteiger partial charge in [-0.2, -0.15) is 0 Å². The van der Waals surface area contributed by atoms with Crippen molar-refractivity contribution in [1.29, 1.82) is 0 Å². The lowest BCUT2D eigenvalue weighted by Crippen LogP contribution is -3.27. The summed E-state index contributed by atoms with van der Waals surface area (Å²) in [5.41, 5.74) is 2.77.